The molecule has 0 fully saturated rings. The number of nitrogens with one attached hydrogen (secondary N) is 1. The molecule has 0 bridgehead atoms. The van der Waals surface area contributed by atoms with Crippen molar-refractivity contribution < 1.29 is 4.74 Å². The fraction of sp³-hybridized carbons (Fsp3) is 0.417. The second kappa shape index (κ2) is 6.01. The first-order valence-electron chi connectivity index (χ1n) is 6.05. The molecule has 1 N–H and O–H groups in total. The molecule has 102 valence electrons. The van der Waals surface area contributed by atoms with Gasteiger partial charge in [-0.2, -0.15) is 10.1 Å². The van der Waals surface area contributed by atoms with Gasteiger partial charge < -0.3 is 10.1 Å². The monoisotopic (exact) mass is 325 g/mol. The van der Waals surface area contributed by atoms with E-state index in [-0.39, 0.29) is 0 Å². The minimum atomic E-state index is 0.469. The SMILES string of the molecule is CCCNc1ncc(Br)c(Oc2cc(C)nn2C)n1. The van der Waals surface area contributed by atoms with Crippen molar-refractivity contribution >= 4 is 21.9 Å². The minimum absolute atomic E-state index is 0.469. The summed E-state index contributed by atoms with van der Waals surface area (Å²) in [5.74, 6) is 1.66. The van der Waals surface area contributed by atoms with E-state index in [9.17, 15) is 0 Å². The average Bonchev–Trinajstić information content (AvgIpc) is 2.69. The second-order valence-electron chi connectivity index (χ2n) is 4.12. The van der Waals surface area contributed by atoms with Crippen LogP contribution >= 0.6 is 15.9 Å². The Balaban J connectivity index is 2.21. The number of aromatic nitrogens is 4. The van der Waals surface area contributed by atoms with E-state index in [2.05, 4.69) is 43.2 Å². The standard InChI is InChI=1S/C12H16BrN5O/c1-4-5-14-12-15-7-9(13)11(16-12)19-10-6-8(2)17-18(10)3/h6-7H,4-5H2,1-3H3,(H,14,15,16). The van der Waals surface area contributed by atoms with Crippen molar-refractivity contribution in [3.63, 3.8) is 0 Å². The van der Waals surface area contributed by atoms with Crippen molar-refractivity contribution in [2.45, 2.75) is 20.3 Å². The minimum Gasteiger partial charge on any atom is -0.420 e. The molecule has 2 heterocycles. The summed E-state index contributed by atoms with van der Waals surface area (Å²) < 4.78 is 8.12. The molecular weight excluding hydrogens is 310 g/mol. The lowest BCUT2D eigenvalue weighted by Crippen LogP contribution is -2.05. The van der Waals surface area contributed by atoms with Crippen LogP contribution in [0.1, 0.15) is 19.0 Å². The third-order valence-electron chi connectivity index (χ3n) is 2.41. The Kier molecular flexibility index (Phi) is 4.36. The third kappa shape index (κ3) is 3.44. The molecule has 0 saturated heterocycles. The molecule has 0 aliphatic carbocycles. The van der Waals surface area contributed by atoms with Gasteiger partial charge in [0.2, 0.25) is 17.7 Å². The van der Waals surface area contributed by atoms with Crippen LogP contribution in [0.3, 0.4) is 0 Å². The van der Waals surface area contributed by atoms with Crippen LogP contribution in [0, 0.1) is 6.92 Å². The van der Waals surface area contributed by atoms with Gasteiger partial charge >= 0.3 is 0 Å². The van der Waals surface area contributed by atoms with E-state index < -0.39 is 0 Å². The van der Waals surface area contributed by atoms with Crippen LogP contribution in [0.15, 0.2) is 16.7 Å². The first kappa shape index (κ1) is 13.8. The molecule has 0 spiro atoms. The summed E-state index contributed by atoms with van der Waals surface area (Å²) in [6.07, 6.45) is 2.68. The number of rotatable bonds is 5. The summed E-state index contributed by atoms with van der Waals surface area (Å²) in [5.41, 5.74) is 0.895. The second-order valence-corrected chi connectivity index (χ2v) is 4.98. The summed E-state index contributed by atoms with van der Waals surface area (Å²) in [4.78, 5) is 8.50. The van der Waals surface area contributed by atoms with E-state index >= 15 is 0 Å². The predicted octanol–water partition coefficient (Wildman–Crippen LogP) is 2.90. The maximum Gasteiger partial charge on any atom is 0.240 e. The zero-order valence-corrected chi connectivity index (χ0v) is 12.7. The Morgan fingerprint density at radius 1 is 1.47 bits per heavy atom. The molecule has 2 aromatic rings. The predicted molar refractivity (Wildman–Crippen MR) is 76.5 cm³/mol. The maximum atomic E-state index is 5.74. The fourth-order valence-electron chi connectivity index (χ4n) is 1.53. The number of hydrogen-bond acceptors (Lipinski definition) is 5. The number of anilines is 1. The Morgan fingerprint density at radius 3 is 2.89 bits per heavy atom. The highest BCUT2D eigenvalue weighted by Crippen LogP contribution is 2.27. The van der Waals surface area contributed by atoms with Crippen molar-refractivity contribution in [3.8, 4) is 11.8 Å². The van der Waals surface area contributed by atoms with Crippen LogP contribution in [0.25, 0.3) is 0 Å². The quantitative estimate of drug-likeness (QED) is 0.915. The van der Waals surface area contributed by atoms with Crippen molar-refractivity contribution in [2.75, 3.05) is 11.9 Å². The zero-order valence-electron chi connectivity index (χ0n) is 11.1. The van der Waals surface area contributed by atoms with Crippen molar-refractivity contribution in [3.05, 3.63) is 22.4 Å². The number of halogens is 1. The molecule has 0 aliphatic rings. The van der Waals surface area contributed by atoms with Gasteiger partial charge in [0, 0.05) is 19.7 Å². The maximum absolute atomic E-state index is 5.74. The molecule has 0 aliphatic heterocycles. The summed E-state index contributed by atoms with van der Waals surface area (Å²) in [7, 11) is 1.83. The molecule has 7 heteroatoms. The molecule has 0 unspecified atom stereocenters. The highest BCUT2D eigenvalue weighted by Gasteiger charge is 2.10. The highest BCUT2D eigenvalue weighted by molar-refractivity contribution is 9.10. The van der Waals surface area contributed by atoms with E-state index in [1.807, 2.05) is 20.0 Å². The average molecular weight is 326 g/mol. The van der Waals surface area contributed by atoms with Crippen molar-refractivity contribution in [1.29, 1.82) is 0 Å². The van der Waals surface area contributed by atoms with Crippen molar-refractivity contribution in [1.82, 2.24) is 19.7 Å². The first-order chi connectivity index (χ1) is 9.10. The molecule has 2 rings (SSSR count). The first-order valence-corrected chi connectivity index (χ1v) is 6.84. The largest absolute Gasteiger partial charge is 0.420 e. The van der Waals surface area contributed by atoms with Crippen LogP contribution in [-0.2, 0) is 7.05 Å². The summed E-state index contributed by atoms with van der Waals surface area (Å²) in [6, 6.07) is 1.85. The van der Waals surface area contributed by atoms with E-state index in [0.29, 0.717) is 22.2 Å². The van der Waals surface area contributed by atoms with E-state index in [0.717, 1.165) is 18.7 Å². The number of hydrogen-bond donors (Lipinski definition) is 1. The van der Waals surface area contributed by atoms with Crippen LogP contribution in [0.2, 0.25) is 0 Å². The Labute approximate surface area is 120 Å². The molecule has 2 aromatic heterocycles. The van der Waals surface area contributed by atoms with Gasteiger partial charge in [0.05, 0.1) is 16.4 Å². The van der Waals surface area contributed by atoms with Crippen LogP contribution in [0.4, 0.5) is 5.95 Å². The lowest BCUT2D eigenvalue weighted by Gasteiger charge is -2.08. The Hall–Kier alpha value is -1.63. The van der Waals surface area contributed by atoms with Gasteiger partial charge in [-0.3, -0.25) is 0 Å². The van der Waals surface area contributed by atoms with Crippen LogP contribution in [0.5, 0.6) is 11.8 Å². The van der Waals surface area contributed by atoms with Gasteiger partial charge in [0.25, 0.3) is 0 Å². The molecule has 19 heavy (non-hydrogen) atoms. The Bertz CT molecular complexity index is 569. The lowest BCUT2D eigenvalue weighted by atomic mass is 10.5. The molecule has 0 saturated carbocycles. The highest BCUT2D eigenvalue weighted by atomic mass is 79.9. The normalized spacial score (nSPS) is 10.5. The van der Waals surface area contributed by atoms with Gasteiger partial charge in [0.15, 0.2) is 0 Å². The summed E-state index contributed by atoms with van der Waals surface area (Å²) >= 11 is 3.38. The van der Waals surface area contributed by atoms with E-state index in [1.54, 1.807) is 10.9 Å². The van der Waals surface area contributed by atoms with Crippen LogP contribution < -0.4 is 10.1 Å². The van der Waals surface area contributed by atoms with Gasteiger partial charge in [-0.15, -0.1) is 0 Å². The number of aryl methyl sites for hydroxylation is 2. The summed E-state index contributed by atoms with van der Waals surface area (Å²) in [5, 5.41) is 7.35. The van der Waals surface area contributed by atoms with Gasteiger partial charge in [-0.05, 0) is 29.3 Å². The topological polar surface area (TPSA) is 64.9 Å². The van der Waals surface area contributed by atoms with Crippen molar-refractivity contribution in [2.24, 2.45) is 7.05 Å². The molecule has 0 amide bonds. The van der Waals surface area contributed by atoms with Gasteiger partial charge in [0.1, 0.15) is 0 Å². The van der Waals surface area contributed by atoms with Gasteiger partial charge in [-0.25, -0.2) is 9.67 Å². The van der Waals surface area contributed by atoms with E-state index in [1.165, 1.54) is 0 Å². The summed E-state index contributed by atoms with van der Waals surface area (Å²) in [6.45, 7) is 4.82. The molecule has 0 radical (unpaired) electrons. The molecule has 6 nitrogen and oxygen atoms in total. The smallest absolute Gasteiger partial charge is 0.240 e. The third-order valence-corrected chi connectivity index (χ3v) is 2.95. The Morgan fingerprint density at radius 2 is 2.26 bits per heavy atom. The van der Waals surface area contributed by atoms with E-state index in [4.69, 9.17) is 4.74 Å². The number of ether oxygens (including phenoxy) is 1. The fourth-order valence-corrected chi connectivity index (χ4v) is 1.80. The van der Waals surface area contributed by atoms with Crippen LogP contribution in [-0.4, -0.2) is 26.3 Å². The van der Waals surface area contributed by atoms with Gasteiger partial charge in [-0.1, -0.05) is 6.92 Å². The molecular formula is C12H16BrN5O. The zero-order chi connectivity index (χ0) is 13.8. The molecule has 0 aromatic carbocycles. The number of nitrogens with zero attached hydrogens (tertiary/aromatic N) is 4. The lowest BCUT2D eigenvalue weighted by molar-refractivity contribution is 0.412. The molecule has 0 atom stereocenters.